The lowest BCUT2D eigenvalue weighted by Gasteiger charge is -2.22. The van der Waals surface area contributed by atoms with E-state index in [0.29, 0.717) is 28.4 Å². The van der Waals surface area contributed by atoms with Crippen molar-refractivity contribution in [3.63, 3.8) is 0 Å². The number of benzene rings is 2. The van der Waals surface area contributed by atoms with Crippen molar-refractivity contribution in [3.05, 3.63) is 59.1 Å². The Bertz CT molecular complexity index is 815. The fourth-order valence-corrected chi connectivity index (χ4v) is 2.61. The van der Waals surface area contributed by atoms with E-state index in [0.717, 1.165) is 0 Å². The molecule has 2 amide bonds. The second-order valence-corrected chi connectivity index (χ2v) is 7.59. The molecule has 0 unspecified atom stereocenters. The highest BCUT2D eigenvalue weighted by atomic mass is 35.5. The van der Waals surface area contributed by atoms with E-state index in [2.05, 4.69) is 10.6 Å². The van der Waals surface area contributed by atoms with Gasteiger partial charge in [-0.3, -0.25) is 9.59 Å². The number of amides is 2. The van der Waals surface area contributed by atoms with Crippen molar-refractivity contribution >= 4 is 29.1 Å². The maximum Gasteiger partial charge on any atom is 0.265 e. The van der Waals surface area contributed by atoms with Crippen molar-refractivity contribution < 1.29 is 14.3 Å². The minimum absolute atomic E-state index is 0.251. The van der Waals surface area contributed by atoms with E-state index >= 15 is 0 Å². The van der Waals surface area contributed by atoms with Gasteiger partial charge in [-0.05, 0) is 51.5 Å². The summed E-state index contributed by atoms with van der Waals surface area (Å²) < 4.78 is 5.76. The molecule has 2 aromatic carbocycles. The van der Waals surface area contributed by atoms with Crippen molar-refractivity contribution in [1.82, 2.24) is 5.32 Å². The molecule has 5 nitrogen and oxygen atoms in total. The molecule has 0 aliphatic heterocycles. The van der Waals surface area contributed by atoms with Crippen molar-refractivity contribution in [2.75, 3.05) is 5.32 Å². The number of carbonyl (C=O) groups excluding carboxylic acids is 2. The smallest absolute Gasteiger partial charge is 0.265 e. The number of carbonyl (C=O) groups is 2. The molecule has 0 aromatic heterocycles. The third-order valence-corrected chi connectivity index (χ3v) is 4.00. The molecule has 0 aliphatic rings. The molecule has 144 valence electrons. The Morgan fingerprint density at radius 2 is 1.70 bits per heavy atom. The van der Waals surface area contributed by atoms with E-state index in [4.69, 9.17) is 16.3 Å². The Morgan fingerprint density at radius 3 is 2.33 bits per heavy atom. The molecule has 2 N–H and O–H groups in total. The normalized spacial score (nSPS) is 12.2. The van der Waals surface area contributed by atoms with Crippen LogP contribution in [0, 0.1) is 0 Å². The molecule has 0 saturated carbocycles. The minimum atomic E-state index is -0.733. The number of ether oxygens (including phenoxy) is 1. The van der Waals surface area contributed by atoms with Gasteiger partial charge < -0.3 is 15.4 Å². The van der Waals surface area contributed by atoms with Gasteiger partial charge in [0.25, 0.3) is 11.8 Å². The highest BCUT2D eigenvalue weighted by Crippen LogP contribution is 2.25. The van der Waals surface area contributed by atoms with Crippen LogP contribution >= 0.6 is 11.6 Å². The van der Waals surface area contributed by atoms with Crippen LogP contribution in [0.3, 0.4) is 0 Å². The van der Waals surface area contributed by atoms with E-state index in [1.165, 1.54) is 0 Å². The predicted molar refractivity (Wildman–Crippen MR) is 108 cm³/mol. The SMILES string of the molecule is CC[C@@H](Oc1ccccc1Cl)C(=O)Nc1ccccc1C(=O)NC(C)(C)C. The summed E-state index contributed by atoms with van der Waals surface area (Å²) in [5.74, 6) is -0.146. The van der Waals surface area contributed by atoms with Gasteiger partial charge in [-0.2, -0.15) is 0 Å². The van der Waals surface area contributed by atoms with Gasteiger partial charge in [-0.15, -0.1) is 0 Å². The maximum absolute atomic E-state index is 12.7. The number of para-hydroxylation sites is 2. The fraction of sp³-hybridized carbons (Fsp3) is 0.333. The number of halogens is 1. The molecule has 2 rings (SSSR count). The van der Waals surface area contributed by atoms with Crippen molar-refractivity contribution in [1.29, 1.82) is 0 Å². The molecule has 0 spiro atoms. The van der Waals surface area contributed by atoms with Crippen molar-refractivity contribution in [3.8, 4) is 5.75 Å². The lowest BCUT2D eigenvalue weighted by Crippen LogP contribution is -2.41. The van der Waals surface area contributed by atoms with Gasteiger partial charge in [0.1, 0.15) is 5.75 Å². The van der Waals surface area contributed by atoms with Gasteiger partial charge in [0.15, 0.2) is 6.10 Å². The average molecular weight is 389 g/mol. The molecule has 6 heteroatoms. The summed E-state index contributed by atoms with van der Waals surface area (Å²) in [6.07, 6.45) is -0.281. The quantitative estimate of drug-likeness (QED) is 0.755. The molecule has 0 bridgehead atoms. The zero-order valence-electron chi connectivity index (χ0n) is 16.0. The Balaban J connectivity index is 2.17. The second-order valence-electron chi connectivity index (χ2n) is 7.18. The molecule has 0 saturated heterocycles. The van der Waals surface area contributed by atoms with Crippen LogP contribution in [0.1, 0.15) is 44.5 Å². The number of hydrogen-bond donors (Lipinski definition) is 2. The molecule has 2 aromatic rings. The van der Waals surface area contributed by atoms with E-state index in [1.807, 2.05) is 27.7 Å². The van der Waals surface area contributed by atoms with E-state index < -0.39 is 6.10 Å². The Hall–Kier alpha value is -2.53. The average Bonchev–Trinajstić information content (AvgIpc) is 2.60. The van der Waals surface area contributed by atoms with Gasteiger partial charge in [0.05, 0.1) is 16.3 Å². The highest BCUT2D eigenvalue weighted by molar-refractivity contribution is 6.32. The van der Waals surface area contributed by atoms with Crippen molar-refractivity contribution in [2.24, 2.45) is 0 Å². The Kier molecular flexibility index (Phi) is 6.86. The maximum atomic E-state index is 12.7. The lowest BCUT2D eigenvalue weighted by molar-refractivity contribution is -0.122. The van der Waals surface area contributed by atoms with Crippen LogP contribution in [0.2, 0.25) is 5.02 Å². The van der Waals surface area contributed by atoms with Crippen LogP contribution in [0.15, 0.2) is 48.5 Å². The number of nitrogens with one attached hydrogen (secondary N) is 2. The zero-order chi connectivity index (χ0) is 20.0. The number of hydrogen-bond acceptors (Lipinski definition) is 3. The summed E-state index contributed by atoms with van der Waals surface area (Å²) in [7, 11) is 0. The standard InChI is InChI=1S/C21H25ClN2O3/c1-5-17(27-18-13-9-7-11-15(18)22)20(26)23-16-12-8-6-10-14(16)19(25)24-21(2,3)4/h6-13,17H,5H2,1-4H3,(H,23,26)(H,24,25)/t17-/m1/s1. The number of rotatable bonds is 6. The first-order valence-corrected chi connectivity index (χ1v) is 9.22. The number of anilines is 1. The topological polar surface area (TPSA) is 67.4 Å². The molecule has 27 heavy (non-hydrogen) atoms. The lowest BCUT2D eigenvalue weighted by atomic mass is 10.1. The van der Waals surface area contributed by atoms with Gasteiger partial charge in [-0.25, -0.2) is 0 Å². The summed E-state index contributed by atoms with van der Waals surface area (Å²) in [6.45, 7) is 7.54. The third-order valence-electron chi connectivity index (χ3n) is 3.69. The van der Waals surface area contributed by atoms with Crippen LogP contribution in [-0.4, -0.2) is 23.5 Å². The highest BCUT2D eigenvalue weighted by Gasteiger charge is 2.23. The van der Waals surface area contributed by atoms with E-state index in [9.17, 15) is 9.59 Å². The Labute approximate surface area is 165 Å². The van der Waals surface area contributed by atoms with E-state index in [-0.39, 0.29) is 17.4 Å². The van der Waals surface area contributed by atoms with Gasteiger partial charge in [0.2, 0.25) is 0 Å². The monoisotopic (exact) mass is 388 g/mol. The first-order valence-electron chi connectivity index (χ1n) is 8.85. The fourth-order valence-electron chi connectivity index (χ4n) is 2.43. The summed E-state index contributed by atoms with van der Waals surface area (Å²) in [6, 6.07) is 13.9. The summed E-state index contributed by atoms with van der Waals surface area (Å²) >= 11 is 6.11. The molecule has 0 fully saturated rings. The molecular weight excluding hydrogens is 364 g/mol. The molecule has 0 heterocycles. The Morgan fingerprint density at radius 1 is 1.07 bits per heavy atom. The molecular formula is C21H25ClN2O3. The summed E-state index contributed by atoms with van der Waals surface area (Å²) in [5.41, 5.74) is 0.451. The molecule has 0 radical (unpaired) electrons. The van der Waals surface area contributed by atoms with Crippen LogP contribution in [0.4, 0.5) is 5.69 Å². The van der Waals surface area contributed by atoms with Crippen LogP contribution in [0.5, 0.6) is 5.75 Å². The van der Waals surface area contributed by atoms with Crippen LogP contribution in [-0.2, 0) is 4.79 Å². The van der Waals surface area contributed by atoms with E-state index in [1.54, 1.807) is 48.5 Å². The zero-order valence-corrected chi connectivity index (χ0v) is 16.8. The van der Waals surface area contributed by atoms with Crippen molar-refractivity contribution in [2.45, 2.75) is 45.8 Å². The van der Waals surface area contributed by atoms with Crippen LogP contribution in [0.25, 0.3) is 0 Å². The molecule has 0 aliphatic carbocycles. The predicted octanol–water partition coefficient (Wildman–Crippen LogP) is 4.66. The summed E-state index contributed by atoms with van der Waals surface area (Å²) in [4.78, 5) is 25.2. The first kappa shape index (κ1) is 20.8. The second kappa shape index (κ2) is 8.91. The van der Waals surface area contributed by atoms with Gasteiger partial charge in [0, 0.05) is 5.54 Å². The minimum Gasteiger partial charge on any atom is -0.479 e. The van der Waals surface area contributed by atoms with Gasteiger partial charge in [-0.1, -0.05) is 42.8 Å². The van der Waals surface area contributed by atoms with Gasteiger partial charge >= 0.3 is 0 Å². The molecule has 1 atom stereocenters. The first-order chi connectivity index (χ1) is 12.7. The third kappa shape index (κ3) is 6.00. The summed E-state index contributed by atoms with van der Waals surface area (Å²) in [5, 5.41) is 6.14. The van der Waals surface area contributed by atoms with Crippen LogP contribution < -0.4 is 15.4 Å². The largest absolute Gasteiger partial charge is 0.479 e.